The van der Waals surface area contributed by atoms with E-state index in [0.717, 1.165) is 12.2 Å². The Morgan fingerprint density at radius 1 is 1.31 bits per heavy atom. The summed E-state index contributed by atoms with van der Waals surface area (Å²) in [4.78, 5) is 16.2. The Morgan fingerprint density at radius 2 is 2.15 bits per heavy atom. The van der Waals surface area contributed by atoms with Gasteiger partial charge in [0.15, 0.2) is 5.96 Å². The lowest BCUT2D eigenvalue weighted by Crippen LogP contribution is -2.39. The van der Waals surface area contributed by atoms with Gasteiger partial charge < -0.3 is 20.5 Å². The normalized spacial score (nSPS) is 11.3. The Labute approximate surface area is 151 Å². The minimum atomic E-state index is -0.401. The van der Waals surface area contributed by atoms with Gasteiger partial charge in [-0.1, -0.05) is 13.0 Å². The zero-order valence-electron chi connectivity index (χ0n) is 15.0. The minimum absolute atomic E-state index is 0.0707. The molecule has 0 unspecified atom stereocenters. The highest BCUT2D eigenvalue weighted by molar-refractivity contribution is 5.94. The van der Waals surface area contributed by atoms with E-state index in [1.807, 2.05) is 18.4 Å². The molecule has 0 aliphatic carbocycles. The molecule has 0 atom stereocenters. The second-order valence-electron chi connectivity index (χ2n) is 5.47. The number of amides is 1. The molecule has 2 aromatic rings. The van der Waals surface area contributed by atoms with E-state index in [-0.39, 0.29) is 12.5 Å². The van der Waals surface area contributed by atoms with Gasteiger partial charge in [-0.3, -0.25) is 4.79 Å². The highest BCUT2D eigenvalue weighted by Gasteiger charge is 2.05. The molecule has 9 heteroatoms. The average molecular weight is 361 g/mol. The highest BCUT2D eigenvalue weighted by atomic mass is 19.1. The number of benzene rings is 1. The maximum absolute atomic E-state index is 13.1. The van der Waals surface area contributed by atoms with Gasteiger partial charge in [-0.05, 0) is 25.1 Å². The van der Waals surface area contributed by atoms with Gasteiger partial charge >= 0.3 is 0 Å². The number of aliphatic imine (C=N–C) groups is 1. The molecule has 2 rings (SSSR count). The summed E-state index contributed by atoms with van der Waals surface area (Å²) >= 11 is 0. The summed E-state index contributed by atoms with van der Waals surface area (Å²) < 4.78 is 15.1. The van der Waals surface area contributed by atoms with Gasteiger partial charge in [0.25, 0.3) is 0 Å². The van der Waals surface area contributed by atoms with Crippen molar-refractivity contribution in [3.63, 3.8) is 0 Å². The van der Waals surface area contributed by atoms with Crippen molar-refractivity contribution in [2.24, 2.45) is 4.99 Å². The number of carbonyl (C=O) groups is 1. The van der Waals surface area contributed by atoms with E-state index < -0.39 is 5.82 Å². The van der Waals surface area contributed by atoms with E-state index in [9.17, 15) is 9.18 Å². The molecular formula is C17H24FN7O. The summed E-state index contributed by atoms with van der Waals surface area (Å²) in [6, 6.07) is 5.74. The first-order valence-electron chi connectivity index (χ1n) is 8.56. The smallest absolute Gasteiger partial charge is 0.246 e. The van der Waals surface area contributed by atoms with Crippen molar-refractivity contribution < 1.29 is 9.18 Å². The Bertz CT molecular complexity index is 744. The van der Waals surface area contributed by atoms with Gasteiger partial charge in [0.1, 0.15) is 24.5 Å². The third kappa shape index (κ3) is 6.15. The first-order chi connectivity index (χ1) is 12.6. The Balaban J connectivity index is 1.84. The lowest BCUT2D eigenvalue weighted by atomic mass is 10.3. The average Bonchev–Trinajstić information content (AvgIpc) is 3.07. The van der Waals surface area contributed by atoms with Crippen molar-refractivity contribution in [2.75, 3.05) is 25.0 Å². The molecule has 140 valence electrons. The molecule has 1 aromatic heterocycles. The van der Waals surface area contributed by atoms with Crippen molar-refractivity contribution in [2.45, 2.75) is 26.8 Å². The van der Waals surface area contributed by atoms with E-state index in [1.54, 1.807) is 12.4 Å². The van der Waals surface area contributed by atoms with Crippen LogP contribution in [0.25, 0.3) is 0 Å². The highest BCUT2D eigenvalue weighted by Crippen LogP contribution is 2.08. The van der Waals surface area contributed by atoms with Crippen LogP contribution in [0.15, 0.2) is 35.6 Å². The molecule has 0 spiro atoms. The summed E-state index contributed by atoms with van der Waals surface area (Å²) in [7, 11) is 0. The van der Waals surface area contributed by atoms with E-state index in [2.05, 4.69) is 31.1 Å². The second-order valence-corrected chi connectivity index (χ2v) is 5.47. The molecule has 0 aliphatic heterocycles. The third-order valence-corrected chi connectivity index (χ3v) is 3.49. The summed E-state index contributed by atoms with van der Waals surface area (Å²) in [5.74, 6) is 0.734. The first-order valence-corrected chi connectivity index (χ1v) is 8.56. The number of rotatable bonds is 8. The van der Waals surface area contributed by atoms with E-state index in [1.165, 1.54) is 18.2 Å². The third-order valence-electron chi connectivity index (χ3n) is 3.49. The van der Waals surface area contributed by atoms with Crippen LogP contribution >= 0.6 is 0 Å². The maximum atomic E-state index is 13.1. The molecular weight excluding hydrogens is 337 g/mol. The standard InChI is InChI=1S/C17H24FN7O/c1-3-15-24-22-12-25(15)9-8-20-17(19-4-2)21-11-16(26)23-14-7-5-6-13(18)10-14/h5-7,10,12H,3-4,8-9,11H2,1-2H3,(H,23,26)(H2,19,20,21). The number of guanidine groups is 1. The van der Waals surface area contributed by atoms with Gasteiger partial charge in [0.2, 0.25) is 5.91 Å². The Kier molecular flexibility index (Phi) is 7.53. The van der Waals surface area contributed by atoms with Crippen LogP contribution in [0.1, 0.15) is 19.7 Å². The summed E-state index contributed by atoms with van der Waals surface area (Å²) in [6.07, 6.45) is 2.51. The number of hydrogen-bond acceptors (Lipinski definition) is 4. The molecule has 26 heavy (non-hydrogen) atoms. The molecule has 8 nitrogen and oxygen atoms in total. The van der Waals surface area contributed by atoms with Gasteiger partial charge in [-0.2, -0.15) is 0 Å². The molecule has 3 N–H and O–H groups in total. The van der Waals surface area contributed by atoms with Crippen LogP contribution in [-0.2, 0) is 17.8 Å². The quantitative estimate of drug-likeness (QED) is 0.485. The van der Waals surface area contributed by atoms with Crippen LogP contribution < -0.4 is 16.0 Å². The van der Waals surface area contributed by atoms with Gasteiger partial charge in [0, 0.05) is 31.7 Å². The number of nitrogens with one attached hydrogen (secondary N) is 3. The molecule has 0 bridgehead atoms. The van der Waals surface area contributed by atoms with Gasteiger partial charge in [-0.15, -0.1) is 10.2 Å². The zero-order valence-corrected chi connectivity index (χ0v) is 15.0. The second kappa shape index (κ2) is 10.1. The molecule has 1 heterocycles. The molecule has 1 aromatic carbocycles. The predicted octanol–water partition coefficient (Wildman–Crippen LogP) is 1.17. The molecule has 0 radical (unpaired) electrons. The number of aromatic nitrogens is 3. The van der Waals surface area contributed by atoms with Gasteiger partial charge in [-0.25, -0.2) is 9.38 Å². The van der Waals surface area contributed by atoms with Crippen molar-refractivity contribution in [3.8, 4) is 0 Å². The lowest BCUT2D eigenvalue weighted by Gasteiger charge is -2.12. The fourth-order valence-corrected chi connectivity index (χ4v) is 2.29. The van der Waals surface area contributed by atoms with Crippen LogP contribution in [0.2, 0.25) is 0 Å². The molecule has 0 saturated heterocycles. The van der Waals surface area contributed by atoms with E-state index in [0.29, 0.717) is 31.3 Å². The number of anilines is 1. The number of aryl methyl sites for hydroxylation is 1. The van der Waals surface area contributed by atoms with Crippen LogP contribution in [0.3, 0.4) is 0 Å². The predicted molar refractivity (Wildman–Crippen MR) is 98.4 cm³/mol. The Hall–Kier alpha value is -2.97. The summed E-state index contributed by atoms with van der Waals surface area (Å²) in [6.45, 7) is 5.87. The van der Waals surface area contributed by atoms with Crippen molar-refractivity contribution >= 4 is 17.6 Å². The SMILES string of the molecule is CCNC(=NCC(=O)Nc1cccc(F)c1)NCCn1cnnc1CC. The van der Waals surface area contributed by atoms with Crippen LogP contribution in [-0.4, -0.2) is 46.3 Å². The largest absolute Gasteiger partial charge is 0.357 e. The molecule has 0 aliphatic rings. The Morgan fingerprint density at radius 3 is 2.88 bits per heavy atom. The van der Waals surface area contributed by atoms with E-state index in [4.69, 9.17) is 0 Å². The molecule has 1 amide bonds. The number of hydrogen-bond donors (Lipinski definition) is 3. The number of halogens is 1. The van der Waals surface area contributed by atoms with Crippen molar-refractivity contribution in [3.05, 3.63) is 42.2 Å². The van der Waals surface area contributed by atoms with Crippen molar-refractivity contribution in [1.82, 2.24) is 25.4 Å². The topological polar surface area (TPSA) is 96.2 Å². The molecule has 0 saturated carbocycles. The van der Waals surface area contributed by atoms with E-state index >= 15 is 0 Å². The fraction of sp³-hybridized carbons (Fsp3) is 0.412. The summed E-state index contributed by atoms with van der Waals surface area (Å²) in [5, 5.41) is 16.8. The van der Waals surface area contributed by atoms with Crippen LogP contribution in [0, 0.1) is 5.82 Å². The fourth-order valence-electron chi connectivity index (χ4n) is 2.29. The zero-order chi connectivity index (χ0) is 18.8. The van der Waals surface area contributed by atoms with Crippen LogP contribution in [0.5, 0.6) is 0 Å². The van der Waals surface area contributed by atoms with Crippen LogP contribution in [0.4, 0.5) is 10.1 Å². The van der Waals surface area contributed by atoms with Crippen molar-refractivity contribution in [1.29, 1.82) is 0 Å². The lowest BCUT2D eigenvalue weighted by molar-refractivity contribution is -0.114. The number of nitrogens with zero attached hydrogens (tertiary/aromatic N) is 4. The maximum Gasteiger partial charge on any atom is 0.246 e. The minimum Gasteiger partial charge on any atom is -0.357 e. The first kappa shape index (κ1) is 19.4. The number of carbonyl (C=O) groups excluding carboxylic acids is 1. The van der Waals surface area contributed by atoms with Gasteiger partial charge in [0.05, 0.1) is 0 Å². The molecule has 0 fully saturated rings. The monoisotopic (exact) mass is 361 g/mol. The summed E-state index contributed by atoms with van der Waals surface area (Å²) in [5.41, 5.74) is 0.405.